The van der Waals surface area contributed by atoms with Crippen LogP contribution >= 0.6 is 0 Å². The van der Waals surface area contributed by atoms with Crippen LogP contribution in [0.25, 0.3) is 22.5 Å². The number of piperazine rings is 1. The lowest BCUT2D eigenvalue weighted by atomic mass is 9.97. The van der Waals surface area contributed by atoms with Gasteiger partial charge in [-0.1, -0.05) is 48.5 Å². The second-order valence-corrected chi connectivity index (χ2v) is 11.8. The molecule has 222 valence electrons. The van der Waals surface area contributed by atoms with Gasteiger partial charge in [-0.05, 0) is 66.9 Å². The summed E-state index contributed by atoms with van der Waals surface area (Å²) < 4.78 is 0. The number of benzene rings is 2. The normalized spacial score (nSPS) is 14.1. The monoisotopic (exact) mass is 582 g/mol. The van der Waals surface area contributed by atoms with Crippen molar-refractivity contribution < 1.29 is 4.79 Å². The molecular weight excluding hydrogens is 544 g/mol. The minimum atomic E-state index is 0.125. The quantitative estimate of drug-likeness (QED) is 0.198. The number of carbonyl (C=O) groups excluding carboxylic acids is 1. The average molecular weight is 583 g/mol. The number of likely N-dealkylation sites (N-methyl/N-ethyl adjacent to an activating group) is 1. The summed E-state index contributed by atoms with van der Waals surface area (Å²) >= 11 is 0. The largest absolute Gasteiger partial charge is 0.304 e. The number of ketones is 1. The van der Waals surface area contributed by atoms with E-state index in [2.05, 4.69) is 69.1 Å². The summed E-state index contributed by atoms with van der Waals surface area (Å²) in [6.45, 7) is 9.44. The molecule has 1 saturated heterocycles. The van der Waals surface area contributed by atoms with Gasteiger partial charge in [0.2, 0.25) is 0 Å². The summed E-state index contributed by atoms with van der Waals surface area (Å²) in [7, 11) is 2.17. The van der Waals surface area contributed by atoms with E-state index in [1.165, 1.54) is 5.56 Å². The SMILES string of the molecule is Cc1ccc(CC(=O)c2ccc(CN3CCN(C)CC3)cc2)cc1Cc1nccc(-c2cncc(-c3ncccc3C)c2)n1. The van der Waals surface area contributed by atoms with E-state index in [0.29, 0.717) is 12.8 Å². The molecule has 0 amide bonds. The molecule has 0 unspecified atom stereocenters. The third-order valence-electron chi connectivity index (χ3n) is 8.43. The zero-order valence-electron chi connectivity index (χ0n) is 25.7. The van der Waals surface area contributed by atoms with E-state index >= 15 is 0 Å². The molecule has 7 heteroatoms. The zero-order valence-corrected chi connectivity index (χ0v) is 25.7. The lowest BCUT2D eigenvalue weighted by Crippen LogP contribution is -2.43. The van der Waals surface area contributed by atoms with Gasteiger partial charge in [0.1, 0.15) is 5.82 Å². The number of pyridine rings is 2. The molecule has 44 heavy (non-hydrogen) atoms. The summed E-state index contributed by atoms with van der Waals surface area (Å²) in [4.78, 5) is 36.5. The van der Waals surface area contributed by atoms with Crippen molar-refractivity contribution in [2.45, 2.75) is 33.2 Å². The van der Waals surface area contributed by atoms with E-state index < -0.39 is 0 Å². The summed E-state index contributed by atoms with van der Waals surface area (Å²) in [5, 5.41) is 0. The van der Waals surface area contributed by atoms with Crippen LogP contribution in [0.3, 0.4) is 0 Å². The van der Waals surface area contributed by atoms with Crippen molar-refractivity contribution in [3.05, 3.63) is 131 Å². The van der Waals surface area contributed by atoms with Gasteiger partial charge in [-0.3, -0.25) is 19.7 Å². The topological polar surface area (TPSA) is 75.1 Å². The summed E-state index contributed by atoms with van der Waals surface area (Å²) in [5.74, 6) is 0.851. The standard InChI is InChI=1S/C37H38N6O/c1-26-6-7-29(20-35(44)30-10-8-28(9-11-30)25-43-17-15-42(3)16-18-43)19-31(26)22-36-39-14-12-34(41-36)32-21-33(24-38-23-32)37-27(2)5-4-13-40-37/h4-14,19,21,23-24H,15-18,20,22,25H2,1-3H3. The van der Waals surface area contributed by atoms with Crippen LogP contribution in [0, 0.1) is 13.8 Å². The molecule has 6 rings (SSSR count). The number of hydrogen-bond acceptors (Lipinski definition) is 7. The van der Waals surface area contributed by atoms with Crippen LogP contribution in [0.4, 0.5) is 0 Å². The highest BCUT2D eigenvalue weighted by atomic mass is 16.1. The molecule has 5 aromatic rings. The van der Waals surface area contributed by atoms with Crippen LogP contribution in [-0.2, 0) is 19.4 Å². The first-order valence-electron chi connectivity index (χ1n) is 15.2. The first kappa shape index (κ1) is 29.5. The van der Waals surface area contributed by atoms with E-state index in [4.69, 9.17) is 4.98 Å². The molecule has 7 nitrogen and oxygen atoms in total. The highest BCUT2D eigenvalue weighted by Gasteiger charge is 2.15. The van der Waals surface area contributed by atoms with Gasteiger partial charge in [0.25, 0.3) is 0 Å². The third-order valence-corrected chi connectivity index (χ3v) is 8.43. The molecule has 0 saturated carbocycles. The predicted molar refractivity (Wildman–Crippen MR) is 174 cm³/mol. The van der Waals surface area contributed by atoms with E-state index in [1.807, 2.05) is 55.7 Å². The molecule has 4 heterocycles. The van der Waals surface area contributed by atoms with Crippen LogP contribution in [0.1, 0.15) is 44.0 Å². The van der Waals surface area contributed by atoms with Gasteiger partial charge < -0.3 is 4.90 Å². The predicted octanol–water partition coefficient (Wildman–Crippen LogP) is 5.98. The molecule has 0 aliphatic carbocycles. The fourth-order valence-electron chi connectivity index (χ4n) is 5.69. The van der Waals surface area contributed by atoms with Gasteiger partial charge in [0, 0.05) is 87.0 Å². The molecule has 2 aromatic carbocycles. The van der Waals surface area contributed by atoms with Gasteiger partial charge in [0.05, 0.1) is 11.4 Å². The number of aryl methyl sites for hydroxylation is 2. The molecule has 1 fully saturated rings. The summed E-state index contributed by atoms with van der Waals surface area (Å²) in [5.41, 5.74) is 9.97. The molecule has 1 aliphatic heterocycles. The number of rotatable bonds is 9. The Morgan fingerprint density at radius 2 is 1.57 bits per heavy atom. The number of hydrogen-bond donors (Lipinski definition) is 0. The second kappa shape index (κ2) is 13.4. The van der Waals surface area contributed by atoms with Crippen LogP contribution < -0.4 is 0 Å². The van der Waals surface area contributed by atoms with Crippen molar-refractivity contribution in [2.24, 2.45) is 0 Å². The van der Waals surface area contributed by atoms with Gasteiger partial charge in [0.15, 0.2) is 5.78 Å². The van der Waals surface area contributed by atoms with Crippen molar-refractivity contribution in [1.29, 1.82) is 0 Å². The molecule has 0 spiro atoms. The number of Topliss-reactive ketones (excluding diaryl/α,β-unsaturated/α-hetero) is 1. The molecule has 3 aromatic heterocycles. The van der Waals surface area contributed by atoms with Crippen LogP contribution in [-0.4, -0.2) is 68.7 Å². The highest BCUT2D eigenvalue weighted by molar-refractivity contribution is 5.97. The van der Waals surface area contributed by atoms with Gasteiger partial charge in [-0.15, -0.1) is 0 Å². The Labute approximate surface area is 259 Å². The maximum atomic E-state index is 13.2. The van der Waals surface area contributed by atoms with Crippen LogP contribution in [0.5, 0.6) is 0 Å². The first-order chi connectivity index (χ1) is 21.4. The Kier molecular flexibility index (Phi) is 8.96. The van der Waals surface area contributed by atoms with Gasteiger partial charge in [-0.25, -0.2) is 9.97 Å². The van der Waals surface area contributed by atoms with E-state index in [0.717, 1.165) is 88.9 Å². The first-order valence-corrected chi connectivity index (χ1v) is 15.2. The second-order valence-electron chi connectivity index (χ2n) is 11.8. The fraction of sp³-hybridized carbons (Fsp3) is 0.270. The minimum Gasteiger partial charge on any atom is -0.304 e. The Morgan fingerprint density at radius 1 is 0.795 bits per heavy atom. The molecular formula is C37H38N6O. The Morgan fingerprint density at radius 3 is 2.36 bits per heavy atom. The average Bonchev–Trinajstić information content (AvgIpc) is 3.04. The molecule has 0 radical (unpaired) electrons. The lowest BCUT2D eigenvalue weighted by Gasteiger charge is -2.32. The van der Waals surface area contributed by atoms with Crippen molar-refractivity contribution in [1.82, 2.24) is 29.7 Å². The van der Waals surface area contributed by atoms with E-state index in [-0.39, 0.29) is 5.78 Å². The molecule has 0 bridgehead atoms. The Balaban J connectivity index is 1.13. The van der Waals surface area contributed by atoms with Crippen LogP contribution in [0.15, 0.2) is 91.5 Å². The highest BCUT2D eigenvalue weighted by Crippen LogP contribution is 2.25. The fourth-order valence-corrected chi connectivity index (χ4v) is 5.69. The maximum absolute atomic E-state index is 13.2. The lowest BCUT2D eigenvalue weighted by molar-refractivity contribution is 0.0993. The van der Waals surface area contributed by atoms with Crippen molar-refractivity contribution in [3.63, 3.8) is 0 Å². The molecule has 1 aliphatic rings. The van der Waals surface area contributed by atoms with Crippen molar-refractivity contribution in [3.8, 4) is 22.5 Å². The number of aromatic nitrogens is 4. The summed E-state index contributed by atoms with van der Waals surface area (Å²) in [6, 6.07) is 22.4. The summed E-state index contributed by atoms with van der Waals surface area (Å²) in [6.07, 6.45) is 8.19. The van der Waals surface area contributed by atoms with Crippen molar-refractivity contribution in [2.75, 3.05) is 33.2 Å². The van der Waals surface area contributed by atoms with Gasteiger partial charge in [-0.2, -0.15) is 0 Å². The molecule has 0 atom stereocenters. The van der Waals surface area contributed by atoms with Crippen LogP contribution in [0.2, 0.25) is 0 Å². The maximum Gasteiger partial charge on any atom is 0.167 e. The van der Waals surface area contributed by atoms with E-state index in [1.54, 1.807) is 12.4 Å². The minimum absolute atomic E-state index is 0.125. The Bertz CT molecular complexity index is 1760. The number of nitrogens with zero attached hydrogens (tertiary/aromatic N) is 6. The Hall–Kier alpha value is -4.59. The van der Waals surface area contributed by atoms with Gasteiger partial charge >= 0.3 is 0 Å². The molecule has 0 N–H and O–H groups in total. The number of carbonyl (C=O) groups is 1. The smallest absolute Gasteiger partial charge is 0.167 e. The zero-order chi connectivity index (χ0) is 30.5. The third kappa shape index (κ3) is 7.13. The van der Waals surface area contributed by atoms with E-state index in [9.17, 15) is 4.79 Å². The van der Waals surface area contributed by atoms with Crippen molar-refractivity contribution >= 4 is 5.78 Å².